The third-order valence-corrected chi connectivity index (χ3v) is 2.88. The average molecular weight is 272 g/mol. The summed E-state index contributed by atoms with van der Waals surface area (Å²) in [5.41, 5.74) is 0.298. The summed E-state index contributed by atoms with van der Waals surface area (Å²) in [6, 6.07) is 3.26. The van der Waals surface area contributed by atoms with Crippen molar-refractivity contribution in [3.8, 4) is 0 Å². The lowest BCUT2D eigenvalue weighted by Crippen LogP contribution is -2.33. The predicted molar refractivity (Wildman–Crippen MR) is 71.5 cm³/mol. The van der Waals surface area contributed by atoms with E-state index >= 15 is 0 Å². The van der Waals surface area contributed by atoms with Crippen molar-refractivity contribution in [3.63, 3.8) is 0 Å². The molecule has 5 heteroatoms. The number of hydrogen-bond acceptors (Lipinski definition) is 3. The molecule has 0 saturated carbocycles. The van der Waals surface area contributed by atoms with Gasteiger partial charge in [0, 0.05) is 24.8 Å². The minimum absolute atomic E-state index is 0.000713. The predicted octanol–water partition coefficient (Wildman–Crippen LogP) is 2.17. The van der Waals surface area contributed by atoms with Gasteiger partial charge in [-0.2, -0.15) is 0 Å². The zero-order valence-electron chi connectivity index (χ0n) is 11.1. The highest BCUT2D eigenvalue weighted by molar-refractivity contribution is 6.67. The first-order chi connectivity index (χ1) is 8.29. The van der Waals surface area contributed by atoms with E-state index in [0.717, 1.165) is 5.69 Å². The molecule has 0 aliphatic heterocycles. The summed E-state index contributed by atoms with van der Waals surface area (Å²) in [6.07, 6.45) is 0. The van der Waals surface area contributed by atoms with Gasteiger partial charge in [0.05, 0.1) is 12.2 Å². The maximum atomic E-state index is 12.2. The molecule has 0 aromatic carbocycles. The molecule has 0 N–H and O–H groups in total. The molecule has 18 heavy (non-hydrogen) atoms. The minimum Gasteiger partial charge on any atom is -0.383 e. The van der Waals surface area contributed by atoms with Crippen molar-refractivity contribution in [2.75, 3.05) is 13.7 Å². The highest BCUT2D eigenvalue weighted by Crippen LogP contribution is 2.21. The van der Waals surface area contributed by atoms with Crippen LogP contribution in [-0.4, -0.2) is 23.5 Å². The zero-order valence-corrected chi connectivity index (χ0v) is 11.9. The fourth-order valence-electron chi connectivity index (χ4n) is 1.79. The van der Waals surface area contributed by atoms with Crippen LogP contribution in [0.5, 0.6) is 0 Å². The Labute approximate surface area is 112 Å². The number of pyridine rings is 1. The Kier molecular flexibility index (Phi) is 4.71. The third kappa shape index (κ3) is 3.21. The van der Waals surface area contributed by atoms with Crippen LogP contribution in [0.3, 0.4) is 0 Å². The topological polar surface area (TPSA) is 48.3 Å². The lowest BCUT2D eigenvalue weighted by molar-refractivity contribution is 0.107. The monoisotopic (exact) mass is 271 g/mol. The number of carbonyl (C=O) groups excluding carboxylic acids is 1. The van der Waals surface area contributed by atoms with E-state index < -0.39 is 5.24 Å². The van der Waals surface area contributed by atoms with E-state index in [0.29, 0.717) is 13.2 Å². The van der Waals surface area contributed by atoms with Gasteiger partial charge in [0.1, 0.15) is 0 Å². The van der Waals surface area contributed by atoms with Gasteiger partial charge in [0.15, 0.2) is 0 Å². The maximum Gasteiger partial charge on any atom is 0.263 e. The van der Waals surface area contributed by atoms with E-state index in [4.69, 9.17) is 16.3 Å². The van der Waals surface area contributed by atoms with Crippen molar-refractivity contribution >= 4 is 16.8 Å². The number of nitrogens with zero attached hydrogens (tertiary/aromatic N) is 1. The SMILES string of the molecule is COCCn1c(C(C)(C)C)ccc(C(=O)Cl)c1=O. The van der Waals surface area contributed by atoms with Crippen LogP contribution in [0.1, 0.15) is 36.8 Å². The Morgan fingerprint density at radius 3 is 2.44 bits per heavy atom. The smallest absolute Gasteiger partial charge is 0.263 e. The van der Waals surface area contributed by atoms with Crippen LogP contribution in [-0.2, 0) is 16.7 Å². The molecular weight excluding hydrogens is 254 g/mol. The van der Waals surface area contributed by atoms with Crippen molar-refractivity contribution in [1.29, 1.82) is 0 Å². The van der Waals surface area contributed by atoms with Gasteiger partial charge >= 0.3 is 0 Å². The molecule has 1 aromatic heterocycles. The third-order valence-electron chi connectivity index (χ3n) is 2.67. The van der Waals surface area contributed by atoms with E-state index in [9.17, 15) is 9.59 Å². The average Bonchev–Trinajstić information content (AvgIpc) is 2.25. The van der Waals surface area contributed by atoms with Crippen LogP contribution < -0.4 is 5.56 Å². The number of halogens is 1. The van der Waals surface area contributed by atoms with Gasteiger partial charge in [0.2, 0.25) is 0 Å². The van der Waals surface area contributed by atoms with Crippen LogP contribution in [0.2, 0.25) is 0 Å². The molecule has 1 rings (SSSR count). The second kappa shape index (κ2) is 5.67. The molecule has 0 amide bonds. The molecule has 0 fully saturated rings. The number of methoxy groups -OCH3 is 1. The second-order valence-electron chi connectivity index (χ2n) is 5.11. The Morgan fingerprint density at radius 1 is 1.39 bits per heavy atom. The highest BCUT2D eigenvalue weighted by Gasteiger charge is 2.21. The first-order valence-electron chi connectivity index (χ1n) is 5.72. The number of carbonyl (C=O) groups is 1. The largest absolute Gasteiger partial charge is 0.383 e. The summed E-state index contributed by atoms with van der Waals surface area (Å²) < 4.78 is 6.55. The number of ether oxygens (including phenoxy) is 1. The molecule has 0 radical (unpaired) electrons. The number of rotatable bonds is 4. The van der Waals surface area contributed by atoms with Crippen molar-refractivity contribution in [1.82, 2.24) is 4.57 Å². The van der Waals surface area contributed by atoms with Crippen molar-refractivity contribution in [2.24, 2.45) is 0 Å². The Bertz CT molecular complexity index is 500. The van der Waals surface area contributed by atoms with Crippen molar-refractivity contribution in [2.45, 2.75) is 32.7 Å². The van der Waals surface area contributed by atoms with Gasteiger partial charge < -0.3 is 9.30 Å². The summed E-state index contributed by atoms with van der Waals surface area (Å²) in [4.78, 5) is 23.4. The number of aromatic nitrogens is 1. The lowest BCUT2D eigenvalue weighted by atomic mass is 9.91. The van der Waals surface area contributed by atoms with Crippen LogP contribution in [0, 0.1) is 0 Å². The molecule has 0 atom stereocenters. The molecule has 0 bridgehead atoms. The van der Waals surface area contributed by atoms with Gasteiger partial charge in [0.25, 0.3) is 10.8 Å². The van der Waals surface area contributed by atoms with Gasteiger partial charge in [-0.3, -0.25) is 9.59 Å². The summed E-state index contributed by atoms with van der Waals surface area (Å²) in [7, 11) is 1.57. The fourth-order valence-corrected chi connectivity index (χ4v) is 1.93. The van der Waals surface area contributed by atoms with Gasteiger partial charge in [-0.1, -0.05) is 20.8 Å². The quantitative estimate of drug-likeness (QED) is 0.789. The Hall–Kier alpha value is -1.13. The molecule has 0 unspecified atom stereocenters. The van der Waals surface area contributed by atoms with Gasteiger partial charge in [-0.25, -0.2) is 0 Å². The van der Waals surface area contributed by atoms with E-state index in [-0.39, 0.29) is 16.5 Å². The molecular formula is C13H18ClNO3. The van der Waals surface area contributed by atoms with E-state index in [1.165, 1.54) is 6.07 Å². The molecule has 0 spiro atoms. The van der Waals surface area contributed by atoms with Crippen molar-refractivity contribution < 1.29 is 9.53 Å². The van der Waals surface area contributed by atoms with Gasteiger partial charge in [-0.15, -0.1) is 0 Å². The Morgan fingerprint density at radius 2 is 2.00 bits per heavy atom. The van der Waals surface area contributed by atoms with E-state index in [1.54, 1.807) is 17.7 Å². The summed E-state index contributed by atoms with van der Waals surface area (Å²) in [6.45, 7) is 6.83. The summed E-state index contributed by atoms with van der Waals surface area (Å²) in [5, 5.41) is -0.730. The normalized spacial score (nSPS) is 11.6. The van der Waals surface area contributed by atoms with Crippen molar-refractivity contribution in [3.05, 3.63) is 33.7 Å². The van der Waals surface area contributed by atoms with Crippen LogP contribution in [0.4, 0.5) is 0 Å². The van der Waals surface area contributed by atoms with Crippen LogP contribution in [0.15, 0.2) is 16.9 Å². The zero-order chi connectivity index (χ0) is 13.9. The highest BCUT2D eigenvalue weighted by atomic mass is 35.5. The lowest BCUT2D eigenvalue weighted by Gasteiger charge is -2.24. The molecule has 1 aromatic rings. The Balaban J connectivity index is 3.42. The minimum atomic E-state index is -0.730. The molecule has 0 saturated heterocycles. The maximum absolute atomic E-state index is 12.2. The first kappa shape index (κ1) is 14.9. The van der Waals surface area contributed by atoms with Gasteiger partial charge in [-0.05, 0) is 23.7 Å². The van der Waals surface area contributed by atoms with E-state index in [2.05, 4.69) is 0 Å². The summed E-state index contributed by atoms with van der Waals surface area (Å²) >= 11 is 5.40. The first-order valence-corrected chi connectivity index (χ1v) is 6.10. The second-order valence-corrected chi connectivity index (χ2v) is 5.45. The number of hydrogen-bond donors (Lipinski definition) is 0. The molecule has 4 nitrogen and oxygen atoms in total. The fraction of sp³-hybridized carbons (Fsp3) is 0.538. The molecule has 100 valence electrons. The van der Waals surface area contributed by atoms with Crippen LogP contribution in [0.25, 0.3) is 0 Å². The summed E-state index contributed by atoms with van der Waals surface area (Å²) in [5.74, 6) is 0. The molecule has 0 aliphatic carbocycles. The standard InChI is InChI=1S/C13H18ClNO3/c1-13(2,3)10-6-5-9(11(14)16)12(17)15(10)7-8-18-4/h5-6H,7-8H2,1-4H3. The molecule has 1 heterocycles. The molecule has 0 aliphatic rings. The van der Waals surface area contributed by atoms with Crippen LogP contribution >= 0.6 is 11.6 Å². The van der Waals surface area contributed by atoms with E-state index in [1.807, 2.05) is 20.8 Å².